The molecular weight excluding hydrogens is 353 g/mol. The van der Waals surface area contributed by atoms with Crippen LogP contribution < -0.4 is 16.4 Å². The van der Waals surface area contributed by atoms with E-state index in [1.165, 1.54) is 17.6 Å². The van der Waals surface area contributed by atoms with Crippen LogP contribution in [0.4, 0.5) is 20.7 Å². The number of rotatable bonds is 3. The SMILES string of the molecule is Cc1ccc(F)c(NC(=O)NC2=CCC(c3snc(N)c3C#N)C=C2)c1. The maximum Gasteiger partial charge on any atom is 0.323 e. The Morgan fingerprint density at radius 3 is 2.96 bits per heavy atom. The van der Waals surface area contributed by atoms with Gasteiger partial charge in [-0.15, -0.1) is 0 Å². The first-order valence-electron chi connectivity index (χ1n) is 7.85. The summed E-state index contributed by atoms with van der Waals surface area (Å²) in [5, 5.41) is 14.3. The summed E-state index contributed by atoms with van der Waals surface area (Å²) in [4.78, 5) is 12.9. The number of nitrogens with two attached hydrogens (primary N) is 1. The van der Waals surface area contributed by atoms with Crippen LogP contribution in [0.15, 0.2) is 42.1 Å². The third-order valence-electron chi connectivity index (χ3n) is 3.92. The molecule has 0 bridgehead atoms. The van der Waals surface area contributed by atoms with E-state index >= 15 is 0 Å². The topological polar surface area (TPSA) is 104 Å². The Morgan fingerprint density at radius 2 is 2.27 bits per heavy atom. The van der Waals surface area contributed by atoms with Crippen LogP contribution in [0, 0.1) is 24.1 Å². The molecule has 1 aromatic heterocycles. The molecule has 2 aromatic rings. The van der Waals surface area contributed by atoms with Gasteiger partial charge in [0.05, 0.1) is 10.6 Å². The number of hydrogen-bond donors (Lipinski definition) is 3. The molecule has 1 aromatic carbocycles. The van der Waals surface area contributed by atoms with Crippen molar-refractivity contribution in [2.75, 3.05) is 11.1 Å². The van der Waals surface area contributed by atoms with E-state index in [9.17, 15) is 14.4 Å². The first-order valence-corrected chi connectivity index (χ1v) is 8.63. The van der Waals surface area contributed by atoms with Gasteiger partial charge in [0.25, 0.3) is 0 Å². The highest BCUT2D eigenvalue weighted by atomic mass is 32.1. The van der Waals surface area contributed by atoms with E-state index in [4.69, 9.17) is 5.73 Å². The highest BCUT2D eigenvalue weighted by molar-refractivity contribution is 7.06. The monoisotopic (exact) mass is 369 g/mol. The molecule has 3 rings (SSSR count). The fourth-order valence-electron chi connectivity index (χ4n) is 2.61. The predicted octanol–water partition coefficient (Wildman–Crippen LogP) is 3.79. The highest BCUT2D eigenvalue weighted by Gasteiger charge is 2.20. The molecule has 2 amide bonds. The quantitative estimate of drug-likeness (QED) is 0.765. The van der Waals surface area contributed by atoms with E-state index < -0.39 is 11.8 Å². The Kier molecular flexibility index (Phi) is 5.00. The zero-order valence-electron chi connectivity index (χ0n) is 13.9. The molecule has 1 unspecified atom stereocenters. The van der Waals surface area contributed by atoms with E-state index in [1.54, 1.807) is 18.2 Å². The lowest BCUT2D eigenvalue weighted by Gasteiger charge is -2.16. The number of nitriles is 1. The zero-order valence-corrected chi connectivity index (χ0v) is 14.7. The zero-order chi connectivity index (χ0) is 18.7. The van der Waals surface area contributed by atoms with Crippen molar-refractivity contribution in [3.63, 3.8) is 0 Å². The fraction of sp³-hybridized carbons (Fsp3) is 0.167. The number of amides is 2. The first kappa shape index (κ1) is 17.6. The van der Waals surface area contributed by atoms with E-state index in [1.807, 2.05) is 19.1 Å². The predicted molar refractivity (Wildman–Crippen MR) is 99.1 cm³/mol. The van der Waals surface area contributed by atoms with Gasteiger partial charge in [0, 0.05) is 11.6 Å². The first-order chi connectivity index (χ1) is 12.5. The normalized spacial score (nSPS) is 15.9. The molecule has 8 heteroatoms. The van der Waals surface area contributed by atoms with Crippen molar-refractivity contribution in [2.24, 2.45) is 0 Å². The Bertz CT molecular complexity index is 957. The minimum Gasteiger partial charge on any atom is -0.382 e. The van der Waals surface area contributed by atoms with E-state index in [2.05, 4.69) is 21.1 Å². The summed E-state index contributed by atoms with van der Waals surface area (Å²) in [6, 6.07) is 6.05. The van der Waals surface area contributed by atoms with Crippen LogP contribution in [0.2, 0.25) is 0 Å². The van der Waals surface area contributed by atoms with Gasteiger partial charge in [-0.05, 0) is 48.6 Å². The summed E-state index contributed by atoms with van der Waals surface area (Å²) in [5.41, 5.74) is 7.66. The number of aromatic nitrogens is 1. The number of benzene rings is 1. The van der Waals surface area contributed by atoms with Gasteiger partial charge in [-0.3, -0.25) is 0 Å². The number of carbonyl (C=O) groups excluding carboxylic acids is 1. The number of nitrogens with one attached hydrogen (secondary N) is 2. The maximum atomic E-state index is 13.7. The molecule has 4 N–H and O–H groups in total. The number of anilines is 2. The fourth-order valence-corrected chi connectivity index (χ4v) is 3.45. The van der Waals surface area contributed by atoms with Gasteiger partial charge in [0.15, 0.2) is 5.82 Å². The van der Waals surface area contributed by atoms with Crippen LogP contribution >= 0.6 is 11.5 Å². The summed E-state index contributed by atoms with van der Waals surface area (Å²) in [6.45, 7) is 1.82. The van der Waals surface area contributed by atoms with Crippen LogP contribution in [0.25, 0.3) is 0 Å². The van der Waals surface area contributed by atoms with Gasteiger partial charge >= 0.3 is 6.03 Å². The van der Waals surface area contributed by atoms with Crippen LogP contribution in [-0.4, -0.2) is 10.4 Å². The number of nitrogens with zero attached hydrogens (tertiary/aromatic N) is 2. The average Bonchev–Trinajstić information content (AvgIpc) is 2.99. The number of allylic oxidation sites excluding steroid dienone is 3. The Balaban J connectivity index is 1.63. The minimum atomic E-state index is -0.524. The number of halogens is 1. The lowest BCUT2D eigenvalue weighted by Crippen LogP contribution is -2.28. The standard InChI is InChI=1S/C18H16FN5OS/c1-10-2-7-14(19)15(8-10)23-18(25)22-12-5-3-11(4-6-12)16-13(9-20)17(21)24-26-16/h2-3,5-8,11H,4H2,1H3,(H2,21,24)(H2,22,23,25). The number of carbonyl (C=O) groups is 1. The molecule has 0 spiro atoms. The number of hydrogen-bond acceptors (Lipinski definition) is 5. The van der Waals surface area contributed by atoms with E-state index in [0.717, 1.165) is 10.4 Å². The van der Waals surface area contributed by atoms with Crippen molar-refractivity contribution >= 4 is 29.1 Å². The van der Waals surface area contributed by atoms with Crippen molar-refractivity contribution in [3.8, 4) is 6.07 Å². The van der Waals surface area contributed by atoms with E-state index in [-0.39, 0.29) is 17.4 Å². The third-order valence-corrected chi connectivity index (χ3v) is 4.91. The molecule has 0 saturated carbocycles. The summed E-state index contributed by atoms with van der Waals surface area (Å²) >= 11 is 1.21. The second-order valence-corrected chi connectivity index (χ2v) is 6.65. The third kappa shape index (κ3) is 3.73. The van der Waals surface area contributed by atoms with Gasteiger partial charge in [-0.2, -0.15) is 9.64 Å². The molecule has 0 radical (unpaired) electrons. The van der Waals surface area contributed by atoms with Gasteiger partial charge in [0.2, 0.25) is 0 Å². The van der Waals surface area contributed by atoms with Crippen LogP contribution in [0.1, 0.15) is 28.3 Å². The molecule has 132 valence electrons. The maximum absolute atomic E-state index is 13.7. The van der Waals surface area contributed by atoms with Crippen molar-refractivity contribution in [2.45, 2.75) is 19.3 Å². The van der Waals surface area contributed by atoms with Crippen LogP contribution in [-0.2, 0) is 0 Å². The lowest BCUT2D eigenvalue weighted by atomic mass is 9.95. The van der Waals surface area contributed by atoms with Crippen molar-refractivity contribution in [1.82, 2.24) is 9.69 Å². The Morgan fingerprint density at radius 1 is 1.46 bits per heavy atom. The molecular formula is C18H16FN5OS. The van der Waals surface area contributed by atoms with Gasteiger partial charge in [0.1, 0.15) is 17.4 Å². The average molecular weight is 369 g/mol. The molecule has 1 aliphatic carbocycles. The summed E-state index contributed by atoms with van der Waals surface area (Å²) in [7, 11) is 0. The van der Waals surface area contributed by atoms with Crippen molar-refractivity contribution in [1.29, 1.82) is 5.26 Å². The molecule has 6 nitrogen and oxygen atoms in total. The largest absolute Gasteiger partial charge is 0.382 e. The van der Waals surface area contributed by atoms with Crippen LogP contribution in [0.5, 0.6) is 0 Å². The van der Waals surface area contributed by atoms with Crippen LogP contribution in [0.3, 0.4) is 0 Å². The summed E-state index contributed by atoms with van der Waals surface area (Å²) in [6.07, 6.45) is 6.07. The molecule has 1 atom stereocenters. The molecule has 0 saturated heterocycles. The smallest absolute Gasteiger partial charge is 0.323 e. The molecule has 1 aliphatic rings. The minimum absolute atomic E-state index is 0.0118. The number of nitrogen functional groups attached to an aromatic ring is 1. The summed E-state index contributed by atoms with van der Waals surface area (Å²) < 4.78 is 17.7. The second kappa shape index (κ2) is 7.37. The van der Waals surface area contributed by atoms with Gasteiger partial charge < -0.3 is 16.4 Å². The van der Waals surface area contributed by atoms with E-state index in [0.29, 0.717) is 17.7 Å². The Hall–Kier alpha value is -3.18. The second-order valence-electron chi connectivity index (χ2n) is 5.84. The van der Waals surface area contributed by atoms with Crippen molar-refractivity contribution < 1.29 is 9.18 Å². The number of urea groups is 1. The lowest BCUT2D eigenvalue weighted by molar-refractivity contribution is 0.254. The Labute approximate surface area is 154 Å². The van der Waals surface area contributed by atoms with Crippen molar-refractivity contribution in [3.05, 3.63) is 63.9 Å². The van der Waals surface area contributed by atoms with Gasteiger partial charge in [-0.1, -0.05) is 18.2 Å². The molecule has 26 heavy (non-hydrogen) atoms. The summed E-state index contributed by atoms with van der Waals surface area (Å²) in [5.74, 6) is -0.263. The molecule has 0 aliphatic heterocycles. The highest BCUT2D eigenvalue weighted by Crippen LogP contribution is 2.33. The molecule has 1 heterocycles. The number of aryl methyl sites for hydroxylation is 1. The molecule has 0 fully saturated rings. The van der Waals surface area contributed by atoms with Gasteiger partial charge in [-0.25, -0.2) is 9.18 Å².